The van der Waals surface area contributed by atoms with Gasteiger partial charge in [-0.15, -0.1) is 0 Å². The topological polar surface area (TPSA) is 97.5 Å². The average molecular weight is 270 g/mol. The number of benzene rings is 1. The second kappa shape index (κ2) is 5.28. The van der Waals surface area contributed by atoms with Gasteiger partial charge in [-0.2, -0.15) is 4.31 Å². The summed E-state index contributed by atoms with van der Waals surface area (Å²) in [6.45, 7) is 0.936. The largest absolute Gasteiger partial charge is 0.369 e. The summed E-state index contributed by atoms with van der Waals surface area (Å²) in [5.74, 6) is -0.978. The highest BCUT2D eigenvalue weighted by atomic mass is 32.2. The van der Waals surface area contributed by atoms with Crippen molar-refractivity contribution in [1.29, 1.82) is 0 Å². The molecule has 98 valence electrons. The van der Waals surface area contributed by atoms with Gasteiger partial charge in [0.15, 0.2) is 5.78 Å². The molecule has 0 atom stereocenters. The van der Waals surface area contributed by atoms with Crippen molar-refractivity contribution in [2.75, 3.05) is 13.6 Å². The number of rotatable bonds is 5. The number of nitrogens with two attached hydrogens (primary N) is 1. The van der Waals surface area contributed by atoms with Gasteiger partial charge in [-0.3, -0.25) is 9.59 Å². The molecule has 18 heavy (non-hydrogen) atoms. The highest BCUT2D eigenvalue weighted by Crippen LogP contribution is 2.16. The number of carbonyl (C=O) groups excluding carboxylic acids is 2. The fourth-order valence-corrected chi connectivity index (χ4v) is 2.54. The molecule has 0 heterocycles. The van der Waals surface area contributed by atoms with E-state index < -0.39 is 22.5 Å². The SMILES string of the molecule is CC(=O)c1cccc(S(=O)(=O)N(C)CC(N)=O)c1. The molecule has 1 aromatic carbocycles. The number of primary amides is 1. The number of carbonyl (C=O) groups is 2. The molecule has 6 nitrogen and oxygen atoms in total. The van der Waals surface area contributed by atoms with Crippen LogP contribution in [0.4, 0.5) is 0 Å². The summed E-state index contributed by atoms with van der Waals surface area (Å²) in [4.78, 5) is 21.9. The van der Waals surface area contributed by atoms with Gasteiger partial charge < -0.3 is 5.73 Å². The van der Waals surface area contributed by atoms with E-state index in [9.17, 15) is 18.0 Å². The maximum absolute atomic E-state index is 12.0. The van der Waals surface area contributed by atoms with E-state index >= 15 is 0 Å². The third kappa shape index (κ3) is 3.14. The van der Waals surface area contributed by atoms with Gasteiger partial charge in [0.05, 0.1) is 11.4 Å². The van der Waals surface area contributed by atoms with Crippen LogP contribution in [0.3, 0.4) is 0 Å². The fourth-order valence-electron chi connectivity index (χ4n) is 1.36. The monoisotopic (exact) mass is 270 g/mol. The van der Waals surface area contributed by atoms with Crippen molar-refractivity contribution in [3.63, 3.8) is 0 Å². The third-order valence-corrected chi connectivity index (χ3v) is 4.13. The van der Waals surface area contributed by atoms with Gasteiger partial charge in [0.1, 0.15) is 0 Å². The van der Waals surface area contributed by atoms with Gasteiger partial charge in [-0.05, 0) is 19.1 Å². The number of Topliss-reactive ketones (excluding diaryl/α,β-unsaturated/α-hetero) is 1. The van der Waals surface area contributed by atoms with Crippen LogP contribution in [-0.2, 0) is 14.8 Å². The van der Waals surface area contributed by atoms with Crippen LogP contribution < -0.4 is 5.73 Å². The summed E-state index contributed by atoms with van der Waals surface area (Å²) in [5, 5.41) is 0. The van der Waals surface area contributed by atoms with E-state index in [-0.39, 0.29) is 10.7 Å². The van der Waals surface area contributed by atoms with Crippen molar-refractivity contribution in [3.05, 3.63) is 29.8 Å². The summed E-state index contributed by atoms with van der Waals surface area (Å²) in [5.41, 5.74) is 5.24. The van der Waals surface area contributed by atoms with Crippen molar-refractivity contribution in [2.45, 2.75) is 11.8 Å². The van der Waals surface area contributed by atoms with E-state index in [0.29, 0.717) is 5.56 Å². The van der Waals surface area contributed by atoms with Crippen LogP contribution >= 0.6 is 0 Å². The summed E-state index contributed by atoms with van der Waals surface area (Å²) in [6.07, 6.45) is 0. The van der Waals surface area contributed by atoms with E-state index in [2.05, 4.69) is 0 Å². The molecule has 7 heteroatoms. The Morgan fingerprint density at radius 3 is 2.44 bits per heavy atom. The molecule has 0 radical (unpaired) electrons. The van der Waals surface area contributed by atoms with Crippen LogP contribution in [0.5, 0.6) is 0 Å². The zero-order chi connectivity index (χ0) is 13.9. The standard InChI is InChI=1S/C11H14N2O4S/c1-8(14)9-4-3-5-10(6-9)18(16,17)13(2)7-11(12)15/h3-6H,7H2,1-2H3,(H2,12,15). The second-order valence-electron chi connectivity index (χ2n) is 3.81. The van der Waals surface area contributed by atoms with E-state index in [1.54, 1.807) is 0 Å². The Morgan fingerprint density at radius 2 is 1.94 bits per heavy atom. The predicted molar refractivity (Wildman–Crippen MR) is 65.5 cm³/mol. The molecule has 0 aliphatic rings. The molecule has 0 aromatic heterocycles. The molecule has 0 spiro atoms. The smallest absolute Gasteiger partial charge is 0.243 e. The van der Waals surface area contributed by atoms with Crippen molar-refractivity contribution in [1.82, 2.24) is 4.31 Å². The van der Waals surface area contributed by atoms with Crippen LogP contribution in [0, 0.1) is 0 Å². The molecule has 0 unspecified atom stereocenters. The molecule has 0 bridgehead atoms. The highest BCUT2D eigenvalue weighted by Gasteiger charge is 2.22. The lowest BCUT2D eigenvalue weighted by Gasteiger charge is -2.15. The van der Waals surface area contributed by atoms with Crippen LogP contribution in [-0.4, -0.2) is 38.0 Å². The van der Waals surface area contributed by atoms with Crippen molar-refractivity contribution < 1.29 is 18.0 Å². The Kier molecular flexibility index (Phi) is 4.20. The summed E-state index contributed by atoms with van der Waals surface area (Å²) >= 11 is 0. The van der Waals surface area contributed by atoms with Crippen LogP contribution in [0.2, 0.25) is 0 Å². The Balaban J connectivity index is 3.16. The predicted octanol–water partition coefficient (Wildman–Crippen LogP) is -0.00500. The number of hydrogen-bond acceptors (Lipinski definition) is 4. The van der Waals surface area contributed by atoms with Crippen molar-refractivity contribution in [2.24, 2.45) is 5.73 Å². The summed E-state index contributed by atoms with van der Waals surface area (Å²) < 4.78 is 24.9. The fraction of sp³-hybridized carbons (Fsp3) is 0.273. The molecule has 0 fully saturated rings. The number of likely N-dealkylation sites (N-methyl/N-ethyl adjacent to an activating group) is 1. The molecule has 0 saturated carbocycles. The highest BCUT2D eigenvalue weighted by molar-refractivity contribution is 7.89. The van der Waals surface area contributed by atoms with Gasteiger partial charge in [0, 0.05) is 12.6 Å². The van der Waals surface area contributed by atoms with E-state index in [0.717, 1.165) is 4.31 Å². The maximum atomic E-state index is 12.0. The van der Waals surface area contributed by atoms with Gasteiger partial charge >= 0.3 is 0 Å². The van der Waals surface area contributed by atoms with Crippen LogP contribution in [0.25, 0.3) is 0 Å². The molecular weight excluding hydrogens is 256 g/mol. The third-order valence-electron chi connectivity index (χ3n) is 2.33. The summed E-state index contributed by atoms with van der Waals surface area (Å²) in [6, 6.07) is 5.63. The second-order valence-corrected chi connectivity index (χ2v) is 5.86. The van der Waals surface area contributed by atoms with Crippen LogP contribution in [0.15, 0.2) is 29.2 Å². The minimum atomic E-state index is -3.81. The van der Waals surface area contributed by atoms with Gasteiger partial charge in [0.25, 0.3) is 0 Å². The first-order chi connectivity index (χ1) is 8.25. The quantitative estimate of drug-likeness (QED) is 0.761. The lowest BCUT2D eigenvalue weighted by Crippen LogP contribution is -2.35. The van der Waals surface area contributed by atoms with E-state index in [4.69, 9.17) is 5.73 Å². The van der Waals surface area contributed by atoms with Gasteiger partial charge in [0.2, 0.25) is 15.9 Å². The molecule has 1 amide bonds. The van der Waals surface area contributed by atoms with Crippen molar-refractivity contribution in [3.8, 4) is 0 Å². The van der Waals surface area contributed by atoms with Crippen LogP contribution in [0.1, 0.15) is 17.3 Å². The Morgan fingerprint density at radius 1 is 1.33 bits per heavy atom. The minimum Gasteiger partial charge on any atom is -0.369 e. The lowest BCUT2D eigenvalue weighted by molar-refractivity contribution is -0.118. The first-order valence-electron chi connectivity index (χ1n) is 5.11. The number of ketones is 1. The maximum Gasteiger partial charge on any atom is 0.243 e. The van der Waals surface area contributed by atoms with Gasteiger partial charge in [-0.25, -0.2) is 8.42 Å². The zero-order valence-corrected chi connectivity index (χ0v) is 10.9. The number of sulfonamides is 1. The lowest BCUT2D eigenvalue weighted by atomic mass is 10.2. The minimum absolute atomic E-state index is 0.0426. The van der Waals surface area contributed by atoms with Gasteiger partial charge in [-0.1, -0.05) is 12.1 Å². The zero-order valence-electron chi connectivity index (χ0n) is 10.1. The molecular formula is C11H14N2O4S. The average Bonchev–Trinajstić information content (AvgIpc) is 2.28. The summed E-state index contributed by atoms with van der Waals surface area (Å²) in [7, 11) is -2.56. The van der Waals surface area contributed by atoms with Crippen molar-refractivity contribution >= 4 is 21.7 Å². The first kappa shape index (κ1) is 14.3. The normalized spacial score (nSPS) is 11.5. The molecule has 2 N–H and O–H groups in total. The number of amides is 1. The Bertz CT molecular complexity index is 580. The molecule has 0 aliphatic heterocycles. The molecule has 1 rings (SSSR count). The molecule has 1 aromatic rings. The van der Waals surface area contributed by atoms with E-state index in [1.165, 1.54) is 38.2 Å². The molecule has 0 aliphatic carbocycles. The Hall–Kier alpha value is -1.73. The Labute approximate surface area is 105 Å². The first-order valence-corrected chi connectivity index (χ1v) is 6.55. The number of hydrogen-bond donors (Lipinski definition) is 1. The number of nitrogens with zero attached hydrogens (tertiary/aromatic N) is 1. The van der Waals surface area contributed by atoms with E-state index in [1.807, 2.05) is 0 Å². The molecule has 0 saturated heterocycles.